The molecule has 172 valence electrons. The van der Waals surface area contributed by atoms with E-state index in [-0.39, 0.29) is 11.3 Å². The normalized spacial score (nSPS) is 12.4. The van der Waals surface area contributed by atoms with Gasteiger partial charge in [-0.1, -0.05) is 48.0 Å². The molecule has 0 radical (unpaired) electrons. The molecule has 1 heterocycles. The van der Waals surface area contributed by atoms with Crippen LogP contribution in [0.5, 0.6) is 0 Å². The third-order valence-corrected chi connectivity index (χ3v) is 6.15. The molecule has 0 bridgehead atoms. The van der Waals surface area contributed by atoms with Gasteiger partial charge < -0.3 is 15.5 Å². The van der Waals surface area contributed by atoms with E-state index in [4.69, 9.17) is 16.9 Å². The van der Waals surface area contributed by atoms with Gasteiger partial charge in [-0.15, -0.1) is 0 Å². The quantitative estimate of drug-likeness (QED) is 0.409. The monoisotopic (exact) mass is 472 g/mol. The Bertz CT molecular complexity index is 1230. The van der Waals surface area contributed by atoms with Gasteiger partial charge in [0.1, 0.15) is 6.07 Å². The summed E-state index contributed by atoms with van der Waals surface area (Å²) in [5.41, 5.74) is 5.66. The molecule has 2 N–H and O–H groups in total. The van der Waals surface area contributed by atoms with E-state index in [1.165, 1.54) is 34.5 Å². The molecule has 1 aliphatic heterocycles. The molecular weight excluding hydrogens is 448 g/mol. The van der Waals surface area contributed by atoms with Crippen LogP contribution >= 0.6 is 11.6 Å². The summed E-state index contributed by atoms with van der Waals surface area (Å²) in [6.45, 7) is 2.31. The first-order valence-corrected chi connectivity index (χ1v) is 11.6. The van der Waals surface area contributed by atoms with Crippen LogP contribution in [0.2, 0.25) is 5.02 Å². The van der Waals surface area contributed by atoms with Gasteiger partial charge in [-0.3, -0.25) is 9.59 Å². The minimum atomic E-state index is -0.828. The molecule has 0 aliphatic carbocycles. The van der Waals surface area contributed by atoms with Crippen LogP contribution in [-0.2, 0) is 29.0 Å². The van der Waals surface area contributed by atoms with E-state index in [0.29, 0.717) is 18.0 Å². The highest BCUT2D eigenvalue weighted by molar-refractivity contribution is 6.40. The number of nitrogens with one attached hydrogen (secondary N) is 2. The van der Waals surface area contributed by atoms with Crippen molar-refractivity contribution >= 4 is 34.8 Å². The molecule has 0 atom stereocenters. The summed E-state index contributed by atoms with van der Waals surface area (Å²) in [4.78, 5) is 26.6. The number of hydrogen-bond donors (Lipinski definition) is 2. The number of carbonyl (C=O) groups excluding carboxylic acids is 2. The molecule has 7 heteroatoms. The number of fused-ring (bicyclic) bond motifs is 1. The molecule has 2 amide bonds. The highest BCUT2D eigenvalue weighted by Gasteiger charge is 2.17. The number of rotatable bonds is 6. The molecule has 3 aromatic carbocycles. The first-order valence-electron chi connectivity index (χ1n) is 11.2. The zero-order valence-electron chi connectivity index (χ0n) is 18.7. The third kappa shape index (κ3) is 5.75. The van der Waals surface area contributed by atoms with Gasteiger partial charge in [-0.25, -0.2) is 0 Å². The van der Waals surface area contributed by atoms with Crippen LogP contribution in [0, 0.1) is 11.3 Å². The lowest BCUT2D eigenvalue weighted by Crippen LogP contribution is -2.36. The van der Waals surface area contributed by atoms with E-state index < -0.39 is 11.8 Å². The Morgan fingerprint density at radius 2 is 1.76 bits per heavy atom. The van der Waals surface area contributed by atoms with Crippen molar-refractivity contribution in [3.63, 3.8) is 0 Å². The van der Waals surface area contributed by atoms with Gasteiger partial charge in [0.25, 0.3) is 0 Å². The second-order valence-corrected chi connectivity index (χ2v) is 8.66. The van der Waals surface area contributed by atoms with Gasteiger partial charge >= 0.3 is 11.8 Å². The smallest absolute Gasteiger partial charge is 0.313 e. The van der Waals surface area contributed by atoms with E-state index in [0.717, 1.165) is 25.9 Å². The predicted octanol–water partition coefficient (Wildman–Crippen LogP) is 4.46. The molecule has 1 aliphatic rings. The van der Waals surface area contributed by atoms with Crippen LogP contribution in [0.15, 0.2) is 66.7 Å². The summed E-state index contributed by atoms with van der Waals surface area (Å²) >= 11 is 5.91. The number of anilines is 2. The first-order chi connectivity index (χ1) is 16.5. The molecule has 4 rings (SSSR count). The fraction of sp³-hybridized carbons (Fsp3) is 0.222. The van der Waals surface area contributed by atoms with Crippen molar-refractivity contribution in [1.29, 1.82) is 5.26 Å². The summed E-state index contributed by atoms with van der Waals surface area (Å²) in [5, 5.41) is 14.6. The largest absolute Gasteiger partial charge is 0.367 e. The lowest BCUT2D eigenvalue weighted by molar-refractivity contribution is -0.136. The molecule has 0 fully saturated rings. The van der Waals surface area contributed by atoms with Gasteiger partial charge in [0, 0.05) is 30.3 Å². The van der Waals surface area contributed by atoms with Gasteiger partial charge in [0.15, 0.2) is 0 Å². The van der Waals surface area contributed by atoms with Crippen LogP contribution < -0.4 is 15.5 Å². The van der Waals surface area contributed by atoms with Gasteiger partial charge in [0.05, 0.1) is 11.3 Å². The Morgan fingerprint density at radius 3 is 2.53 bits per heavy atom. The Hall–Kier alpha value is -3.82. The van der Waals surface area contributed by atoms with Crippen molar-refractivity contribution in [3.8, 4) is 6.07 Å². The second-order valence-electron chi connectivity index (χ2n) is 8.22. The number of hydrogen-bond acceptors (Lipinski definition) is 4. The van der Waals surface area contributed by atoms with E-state index in [9.17, 15) is 9.59 Å². The summed E-state index contributed by atoms with van der Waals surface area (Å²) in [6, 6.07) is 23.6. The van der Waals surface area contributed by atoms with Crippen molar-refractivity contribution in [3.05, 3.63) is 94.0 Å². The molecule has 0 saturated carbocycles. The molecule has 3 aromatic rings. The Morgan fingerprint density at radius 1 is 1.00 bits per heavy atom. The number of nitriles is 1. The highest BCUT2D eigenvalue weighted by Crippen LogP contribution is 2.25. The summed E-state index contributed by atoms with van der Waals surface area (Å²) < 4.78 is 0. The Labute approximate surface area is 204 Å². The number of carbonyl (C=O) groups is 2. The average Bonchev–Trinajstić information content (AvgIpc) is 2.86. The average molecular weight is 473 g/mol. The van der Waals surface area contributed by atoms with Crippen molar-refractivity contribution in [1.82, 2.24) is 5.32 Å². The third-order valence-electron chi connectivity index (χ3n) is 5.92. The van der Waals surface area contributed by atoms with Crippen LogP contribution in [0.1, 0.15) is 28.7 Å². The number of benzene rings is 3. The fourth-order valence-electron chi connectivity index (χ4n) is 4.06. The van der Waals surface area contributed by atoms with Crippen LogP contribution in [0.3, 0.4) is 0 Å². The van der Waals surface area contributed by atoms with E-state index in [2.05, 4.69) is 64.1 Å². The molecule has 0 spiro atoms. The van der Waals surface area contributed by atoms with Crippen molar-refractivity contribution < 1.29 is 9.59 Å². The predicted molar refractivity (Wildman–Crippen MR) is 134 cm³/mol. The number of halogens is 1. The lowest BCUT2D eigenvalue weighted by atomic mass is 9.99. The maximum atomic E-state index is 12.1. The standard InChI is InChI=1S/C27H25ClN4O2/c28-23-10-9-21(17-29)25(16-23)31-27(34)26(33)30-14-3-4-19-7-11-24(12-8-19)32-15-13-20-5-1-2-6-22(20)18-32/h1-2,5-12,16H,3-4,13-15,18H2,(H,30,33)(H,31,34). The van der Waals surface area contributed by atoms with E-state index >= 15 is 0 Å². The van der Waals surface area contributed by atoms with E-state index in [1.54, 1.807) is 6.07 Å². The SMILES string of the molecule is N#Cc1ccc(Cl)cc1NC(=O)C(=O)NCCCc1ccc(N2CCc3ccccc3C2)cc1. The van der Waals surface area contributed by atoms with Gasteiger partial charge in [-0.2, -0.15) is 5.26 Å². The van der Waals surface area contributed by atoms with Gasteiger partial charge in [-0.05, 0) is 66.3 Å². The summed E-state index contributed by atoms with van der Waals surface area (Å²) in [6.07, 6.45) is 2.55. The number of aryl methyl sites for hydroxylation is 1. The first kappa shape index (κ1) is 23.3. The van der Waals surface area contributed by atoms with E-state index in [1.807, 2.05) is 6.07 Å². The zero-order chi connectivity index (χ0) is 23.9. The molecule has 0 unspecified atom stereocenters. The van der Waals surface area contributed by atoms with Crippen molar-refractivity contribution in [2.45, 2.75) is 25.8 Å². The van der Waals surface area contributed by atoms with Crippen LogP contribution in [-0.4, -0.2) is 24.9 Å². The van der Waals surface area contributed by atoms with Gasteiger partial charge in [0.2, 0.25) is 0 Å². The molecule has 6 nitrogen and oxygen atoms in total. The molecule has 0 saturated heterocycles. The van der Waals surface area contributed by atoms with Crippen molar-refractivity contribution in [2.24, 2.45) is 0 Å². The number of nitrogens with zero attached hydrogens (tertiary/aromatic N) is 2. The fourth-order valence-corrected chi connectivity index (χ4v) is 4.23. The molecule has 34 heavy (non-hydrogen) atoms. The van der Waals surface area contributed by atoms with Crippen LogP contribution in [0.25, 0.3) is 0 Å². The summed E-state index contributed by atoms with van der Waals surface area (Å²) in [7, 11) is 0. The minimum Gasteiger partial charge on any atom is -0.367 e. The maximum Gasteiger partial charge on any atom is 0.313 e. The molecule has 0 aromatic heterocycles. The lowest BCUT2D eigenvalue weighted by Gasteiger charge is -2.30. The topological polar surface area (TPSA) is 85.2 Å². The highest BCUT2D eigenvalue weighted by atomic mass is 35.5. The maximum absolute atomic E-state index is 12.1. The second kappa shape index (κ2) is 10.9. The number of amides is 2. The zero-order valence-corrected chi connectivity index (χ0v) is 19.4. The van der Waals surface area contributed by atoms with Crippen LogP contribution in [0.4, 0.5) is 11.4 Å². The summed E-state index contributed by atoms with van der Waals surface area (Å²) in [5.74, 6) is -1.57. The Balaban J connectivity index is 1.22. The Kier molecular flexibility index (Phi) is 7.46. The molecular formula is C27H25ClN4O2. The van der Waals surface area contributed by atoms with Crippen molar-refractivity contribution in [2.75, 3.05) is 23.3 Å². The minimum absolute atomic E-state index is 0.215.